The number of hydrogen-bond acceptors (Lipinski definition) is 4. The summed E-state index contributed by atoms with van der Waals surface area (Å²) in [6.07, 6.45) is 0.975. The Morgan fingerprint density at radius 1 is 1.56 bits per heavy atom. The van der Waals surface area contributed by atoms with Gasteiger partial charge in [-0.25, -0.2) is 4.79 Å². The maximum Gasteiger partial charge on any atom is 0.331 e. The summed E-state index contributed by atoms with van der Waals surface area (Å²) in [5.41, 5.74) is 0. The molecule has 1 aliphatic heterocycles. The molecule has 0 aromatic rings. The van der Waals surface area contributed by atoms with Gasteiger partial charge in [0.2, 0.25) is 5.91 Å². The first kappa shape index (κ1) is 13.3. The van der Waals surface area contributed by atoms with Crippen LogP contribution in [0.3, 0.4) is 0 Å². The van der Waals surface area contributed by atoms with Gasteiger partial charge in [0.15, 0.2) is 6.04 Å². The number of carbonyl (C=O) groups excluding carboxylic acids is 2. The number of morpholine rings is 1. The van der Waals surface area contributed by atoms with E-state index in [4.69, 9.17) is 16.3 Å². The van der Waals surface area contributed by atoms with Gasteiger partial charge in [0.1, 0.15) is 0 Å². The van der Waals surface area contributed by atoms with Crippen LogP contribution in [0.25, 0.3) is 0 Å². The van der Waals surface area contributed by atoms with E-state index in [0.717, 1.165) is 0 Å². The van der Waals surface area contributed by atoms with Crippen LogP contribution in [0.15, 0.2) is 0 Å². The number of halogens is 1. The van der Waals surface area contributed by atoms with E-state index in [-0.39, 0.29) is 12.5 Å². The fraction of sp³-hybridized carbons (Fsp3) is 0.800. The van der Waals surface area contributed by atoms with Crippen molar-refractivity contribution in [1.29, 1.82) is 0 Å². The average molecular weight is 250 g/mol. The molecule has 0 radical (unpaired) electrons. The molecule has 0 N–H and O–H groups in total. The Morgan fingerprint density at radius 2 is 2.31 bits per heavy atom. The Hall–Kier alpha value is -0.810. The molecule has 1 unspecified atom stereocenters. The number of esters is 1. The van der Waals surface area contributed by atoms with Gasteiger partial charge in [0, 0.05) is 18.8 Å². The van der Waals surface area contributed by atoms with E-state index in [9.17, 15) is 9.59 Å². The lowest BCUT2D eigenvalue weighted by Gasteiger charge is -2.33. The van der Waals surface area contributed by atoms with Gasteiger partial charge in [0.25, 0.3) is 0 Å². The maximum absolute atomic E-state index is 11.8. The Kier molecular flexibility index (Phi) is 5.55. The monoisotopic (exact) mass is 249 g/mol. The second-order valence-corrected chi connectivity index (χ2v) is 3.87. The Bertz CT molecular complexity index is 259. The van der Waals surface area contributed by atoms with E-state index in [0.29, 0.717) is 31.9 Å². The summed E-state index contributed by atoms with van der Waals surface area (Å²) in [7, 11) is 1.30. The van der Waals surface area contributed by atoms with Crippen LogP contribution in [-0.4, -0.2) is 55.6 Å². The zero-order valence-corrected chi connectivity index (χ0v) is 10.0. The predicted molar refractivity (Wildman–Crippen MR) is 58.3 cm³/mol. The highest BCUT2D eigenvalue weighted by Crippen LogP contribution is 2.11. The molecule has 0 aromatic carbocycles. The number of hydrogen-bond donors (Lipinski definition) is 0. The van der Waals surface area contributed by atoms with E-state index >= 15 is 0 Å². The fourth-order valence-corrected chi connectivity index (χ4v) is 1.73. The summed E-state index contributed by atoms with van der Waals surface area (Å²) in [6, 6.07) is -0.610. The van der Waals surface area contributed by atoms with Crippen molar-refractivity contribution in [2.75, 3.05) is 32.7 Å². The van der Waals surface area contributed by atoms with Gasteiger partial charge >= 0.3 is 5.97 Å². The summed E-state index contributed by atoms with van der Waals surface area (Å²) in [4.78, 5) is 24.7. The molecule has 0 bridgehead atoms. The number of alkyl halides is 1. The molecule has 0 aliphatic carbocycles. The van der Waals surface area contributed by atoms with Crippen LogP contribution in [0.4, 0.5) is 0 Å². The molecule has 1 rings (SSSR count). The Balaban J connectivity index is 2.59. The Labute approximate surface area is 99.6 Å². The largest absolute Gasteiger partial charge is 0.467 e. The first-order chi connectivity index (χ1) is 7.70. The van der Waals surface area contributed by atoms with Crippen molar-refractivity contribution in [2.24, 2.45) is 0 Å². The predicted octanol–water partition coefficient (Wildman–Crippen LogP) is 0.406. The normalized spacial score (nSPS) is 20.6. The van der Waals surface area contributed by atoms with E-state index in [1.165, 1.54) is 12.0 Å². The third kappa shape index (κ3) is 3.35. The highest BCUT2D eigenvalue weighted by Gasteiger charge is 2.33. The number of nitrogens with zero attached hydrogens (tertiary/aromatic N) is 1. The molecular weight excluding hydrogens is 234 g/mol. The van der Waals surface area contributed by atoms with Gasteiger partial charge < -0.3 is 14.4 Å². The van der Waals surface area contributed by atoms with Crippen LogP contribution in [0.1, 0.15) is 12.8 Å². The molecule has 6 heteroatoms. The van der Waals surface area contributed by atoms with Gasteiger partial charge in [-0.15, -0.1) is 11.6 Å². The van der Waals surface area contributed by atoms with Crippen LogP contribution < -0.4 is 0 Å². The molecule has 1 heterocycles. The quantitative estimate of drug-likeness (QED) is 0.535. The second kappa shape index (κ2) is 6.70. The summed E-state index contributed by atoms with van der Waals surface area (Å²) >= 11 is 5.52. The first-order valence-electron chi connectivity index (χ1n) is 5.21. The summed E-state index contributed by atoms with van der Waals surface area (Å²) in [6.45, 7) is 1.10. The number of carbonyl (C=O) groups is 2. The maximum atomic E-state index is 11.8. The summed E-state index contributed by atoms with van der Waals surface area (Å²) < 4.78 is 9.80. The van der Waals surface area contributed by atoms with Crippen molar-refractivity contribution in [2.45, 2.75) is 18.9 Å². The molecule has 1 fully saturated rings. The zero-order chi connectivity index (χ0) is 12.0. The van der Waals surface area contributed by atoms with Crippen molar-refractivity contribution in [3.05, 3.63) is 0 Å². The number of ether oxygens (including phenoxy) is 2. The average Bonchev–Trinajstić information content (AvgIpc) is 2.35. The van der Waals surface area contributed by atoms with E-state index in [1.807, 2.05) is 0 Å². The van der Waals surface area contributed by atoms with Crippen LogP contribution in [0.5, 0.6) is 0 Å². The molecule has 0 saturated carbocycles. The fourth-order valence-electron chi connectivity index (χ4n) is 1.60. The second-order valence-electron chi connectivity index (χ2n) is 3.49. The van der Waals surface area contributed by atoms with Crippen LogP contribution >= 0.6 is 11.6 Å². The van der Waals surface area contributed by atoms with Gasteiger partial charge in [-0.1, -0.05) is 0 Å². The van der Waals surface area contributed by atoms with E-state index < -0.39 is 12.0 Å². The lowest BCUT2D eigenvalue weighted by molar-refractivity contribution is -0.160. The molecule has 1 aliphatic rings. The third-order valence-corrected chi connectivity index (χ3v) is 2.71. The molecule has 1 saturated heterocycles. The minimum atomic E-state index is -0.610. The lowest BCUT2D eigenvalue weighted by Crippen LogP contribution is -2.53. The minimum absolute atomic E-state index is 0.0700. The zero-order valence-electron chi connectivity index (χ0n) is 9.28. The standard InChI is InChI=1S/C10H16ClNO4/c1-15-10(14)8-7-16-6-5-12(8)9(13)3-2-4-11/h8H,2-7H2,1H3. The minimum Gasteiger partial charge on any atom is -0.467 e. The molecular formula is C10H16ClNO4. The summed E-state index contributed by atoms with van der Waals surface area (Å²) in [5, 5.41) is 0. The van der Waals surface area contributed by atoms with Crippen molar-refractivity contribution in [3.8, 4) is 0 Å². The number of amides is 1. The van der Waals surface area contributed by atoms with Gasteiger partial charge in [-0.3, -0.25) is 4.79 Å². The summed E-state index contributed by atoms with van der Waals surface area (Å²) in [5.74, 6) is -0.0582. The van der Waals surface area contributed by atoms with Crippen molar-refractivity contribution in [1.82, 2.24) is 4.90 Å². The molecule has 5 nitrogen and oxygen atoms in total. The molecule has 16 heavy (non-hydrogen) atoms. The SMILES string of the molecule is COC(=O)C1COCCN1C(=O)CCCCl. The molecule has 1 atom stereocenters. The van der Waals surface area contributed by atoms with Crippen LogP contribution in [-0.2, 0) is 19.1 Å². The van der Waals surface area contributed by atoms with Crippen LogP contribution in [0, 0.1) is 0 Å². The van der Waals surface area contributed by atoms with Crippen molar-refractivity contribution >= 4 is 23.5 Å². The Morgan fingerprint density at radius 3 is 2.94 bits per heavy atom. The van der Waals surface area contributed by atoms with E-state index in [1.54, 1.807) is 0 Å². The molecule has 92 valence electrons. The van der Waals surface area contributed by atoms with Crippen molar-refractivity contribution < 1.29 is 19.1 Å². The van der Waals surface area contributed by atoms with Crippen LogP contribution in [0.2, 0.25) is 0 Å². The lowest BCUT2D eigenvalue weighted by atomic mass is 10.2. The van der Waals surface area contributed by atoms with Crippen molar-refractivity contribution in [3.63, 3.8) is 0 Å². The van der Waals surface area contributed by atoms with Gasteiger partial charge in [-0.05, 0) is 6.42 Å². The number of rotatable bonds is 4. The first-order valence-corrected chi connectivity index (χ1v) is 5.75. The number of methoxy groups -OCH3 is 1. The smallest absolute Gasteiger partial charge is 0.331 e. The topological polar surface area (TPSA) is 55.8 Å². The molecule has 1 amide bonds. The highest BCUT2D eigenvalue weighted by molar-refractivity contribution is 6.17. The highest BCUT2D eigenvalue weighted by atomic mass is 35.5. The molecule has 0 aromatic heterocycles. The van der Waals surface area contributed by atoms with Gasteiger partial charge in [0.05, 0.1) is 20.3 Å². The van der Waals surface area contributed by atoms with Gasteiger partial charge in [-0.2, -0.15) is 0 Å². The third-order valence-electron chi connectivity index (χ3n) is 2.45. The molecule has 0 spiro atoms. The van der Waals surface area contributed by atoms with E-state index in [2.05, 4.69) is 4.74 Å².